The van der Waals surface area contributed by atoms with Crippen molar-refractivity contribution < 1.29 is 4.79 Å². The predicted molar refractivity (Wildman–Crippen MR) is 65.1 cm³/mol. The van der Waals surface area contributed by atoms with Gasteiger partial charge in [0.15, 0.2) is 0 Å². The van der Waals surface area contributed by atoms with Crippen molar-refractivity contribution in [3.05, 3.63) is 12.2 Å². The summed E-state index contributed by atoms with van der Waals surface area (Å²) in [5, 5.41) is 3.56. The molecule has 2 aliphatic rings. The van der Waals surface area contributed by atoms with E-state index in [2.05, 4.69) is 5.32 Å². The Hall–Kier alpha value is -0.830. The van der Waals surface area contributed by atoms with Crippen LogP contribution in [0.2, 0.25) is 0 Å². The van der Waals surface area contributed by atoms with Gasteiger partial charge in [0.25, 0.3) is 0 Å². The summed E-state index contributed by atoms with van der Waals surface area (Å²) in [5.41, 5.74) is 0. The fourth-order valence-electron chi connectivity index (χ4n) is 2.90. The van der Waals surface area contributed by atoms with Gasteiger partial charge >= 0.3 is 0 Å². The van der Waals surface area contributed by atoms with Gasteiger partial charge in [-0.3, -0.25) is 4.79 Å². The summed E-state index contributed by atoms with van der Waals surface area (Å²) in [6.45, 7) is 4.94. The summed E-state index contributed by atoms with van der Waals surface area (Å²) in [4.78, 5) is 13.8. The number of hydrogen-bond donors (Lipinski definition) is 1. The summed E-state index contributed by atoms with van der Waals surface area (Å²) in [7, 11) is 0. The Labute approximate surface area is 97.9 Å². The van der Waals surface area contributed by atoms with Crippen LogP contribution in [-0.2, 0) is 4.79 Å². The van der Waals surface area contributed by atoms with Crippen LogP contribution in [0.15, 0.2) is 12.2 Å². The Morgan fingerprint density at radius 1 is 1.38 bits per heavy atom. The monoisotopic (exact) mass is 222 g/mol. The van der Waals surface area contributed by atoms with E-state index < -0.39 is 0 Å². The van der Waals surface area contributed by atoms with Gasteiger partial charge in [-0.05, 0) is 51.1 Å². The molecule has 2 fully saturated rings. The quantitative estimate of drug-likeness (QED) is 0.719. The Bertz CT molecular complexity index is 269. The number of carbonyl (C=O) groups excluding carboxylic acids is 1. The largest absolute Gasteiger partial charge is 0.339 e. The lowest BCUT2D eigenvalue weighted by Gasteiger charge is -2.35. The van der Waals surface area contributed by atoms with Gasteiger partial charge in [-0.15, -0.1) is 0 Å². The molecule has 0 aromatic carbocycles. The van der Waals surface area contributed by atoms with E-state index in [9.17, 15) is 4.79 Å². The molecule has 0 aliphatic carbocycles. The van der Waals surface area contributed by atoms with Crippen molar-refractivity contribution in [3.8, 4) is 0 Å². The normalized spacial score (nSPS) is 31.2. The Balaban J connectivity index is 1.90. The van der Waals surface area contributed by atoms with Crippen molar-refractivity contribution in [2.24, 2.45) is 5.92 Å². The van der Waals surface area contributed by atoms with Crippen LogP contribution in [0, 0.1) is 5.92 Å². The van der Waals surface area contributed by atoms with Crippen LogP contribution in [0.25, 0.3) is 0 Å². The lowest BCUT2D eigenvalue weighted by Crippen LogP contribution is -2.45. The van der Waals surface area contributed by atoms with E-state index in [0.29, 0.717) is 12.0 Å². The highest BCUT2D eigenvalue weighted by molar-refractivity contribution is 5.87. The van der Waals surface area contributed by atoms with Gasteiger partial charge in [-0.25, -0.2) is 0 Å². The second-order valence-electron chi connectivity index (χ2n) is 4.89. The van der Waals surface area contributed by atoms with Gasteiger partial charge in [0.2, 0.25) is 5.91 Å². The number of amides is 1. The maximum Gasteiger partial charge on any atom is 0.246 e. The summed E-state index contributed by atoms with van der Waals surface area (Å²) < 4.78 is 0. The number of likely N-dealkylation sites (tertiary alicyclic amines) is 1. The van der Waals surface area contributed by atoms with Crippen molar-refractivity contribution in [1.82, 2.24) is 10.2 Å². The van der Waals surface area contributed by atoms with Crippen LogP contribution in [-0.4, -0.2) is 36.5 Å². The molecule has 1 amide bonds. The minimum absolute atomic E-state index is 0.185. The van der Waals surface area contributed by atoms with Crippen molar-refractivity contribution in [3.63, 3.8) is 0 Å². The van der Waals surface area contributed by atoms with Gasteiger partial charge in [-0.2, -0.15) is 0 Å². The number of hydrogen-bond acceptors (Lipinski definition) is 2. The molecular weight excluding hydrogens is 200 g/mol. The van der Waals surface area contributed by atoms with Gasteiger partial charge in [0.1, 0.15) is 0 Å². The summed E-state index contributed by atoms with van der Waals surface area (Å²) in [5.74, 6) is 0.857. The number of rotatable bonds is 2. The van der Waals surface area contributed by atoms with Gasteiger partial charge in [0.05, 0.1) is 0 Å². The van der Waals surface area contributed by atoms with Crippen LogP contribution in [0.4, 0.5) is 0 Å². The standard InChI is InChI=1S/C13H22N2O/c1-2-5-13(16)15-9-4-6-11(10-15)12-7-3-8-14-12/h2,5,11-12,14H,3-4,6-10H2,1H3/b5-2+. The van der Waals surface area contributed by atoms with Crippen LogP contribution in [0.1, 0.15) is 32.6 Å². The average Bonchev–Trinajstić information content (AvgIpc) is 2.83. The highest BCUT2D eigenvalue weighted by atomic mass is 16.2. The molecule has 2 unspecified atom stereocenters. The molecule has 2 saturated heterocycles. The average molecular weight is 222 g/mol. The van der Waals surface area contributed by atoms with E-state index in [1.54, 1.807) is 6.08 Å². The molecule has 2 atom stereocenters. The van der Waals surface area contributed by atoms with E-state index in [-0.39, 0.29) is 5.91 Å². The first-order valence-corrected chi connectivity index (χ1v) is 6.46. The summed E-state index contributed by atoms with van der Waals surface area (Å²) in [6.07, 6.45) is 8.54. The first kappa shape index (κ1) is 11.6. The molecular formula is C13H22N2O. The molecule has 0 aromatic rings. The fourth-order valence-corrected chi connectivity index (χ4v) is 2.90. The number of piperidine rings is 1. The molecule has 2 aliphatic heterocycles. The van der Waals surface area contributed by atoms with Crippen LogP contribution >= 0.6 is 0 Å². The van der Waals surface area contributed by atoms with E-state index in [1.165, 1.54) is 19.3 Å². The second-order valence-corrected chi connectivity index (χ2v) is 4.89. The summed E-state index contributed by atoms with van der Waals surface area (Å²) in [6, 6.07) is 0.654. The molecule has 2 heterocycles. The molecule has 90 valence electrons. The molecule has 0 aromatic heterocycles. The van der Waals surface area contributed by atoms with Crippen molar-refractivity contribution in [2.45, 2.75) is 38.6 Å². The molecule has 0 radical (unpaired) electrons. The van der Waals surface area contributed by atoms with E-state index in [1.807, 2.05) is 17.9 Å². The third-order valence-electron chi connectivity index (χ3n) is 3.75. The molecule has 3 nitrogen and oxygen atoms in total. The molecule has 1 N–H and O–H groups in total. The van der Waals surface area contributed by atoms with E-state index >= 15 is 0 Å². The first-order valence-electron chi connectivity index (χ1n) is 6.46. The van der Waals surface area contributed by atoms with E-state index in [4.69, 9.17) is 0 Å². The van der Waals surface area contributed by atoms with E-state index in [0.717, 1.165) is 26.1 Å². The van der Waals surface area contributed by atoms with Crippen molar-refractivity contribution in [2.75, 3.05) is 19.6 Å². The maximum atomic E-state index is 11.8. The number of allylic oxidation sites excluding steroid dienone is 1. The molecule has 3 heteroatoms. The van der Waals surface area contributed by atoms with Crippen LogP contribution in [0.5, 0.6) is 0 Å². The number of nitrogens with zero attached hydrogens (tertiary/aromatic N) is 1. The van der Waals surface area contributed by atoms with Crippen molar-refractivity contribution >= 4 is 5.91 Å². The fraction of sp³-hybridized carbons (Fsp3) is 0.769. The maximum absolute atomic E-state index is 11.8. The zero-order chi connectivity index (χ0) is 11.4. The smallest absolute Gasteiger partial charge is 0.246 e. The number of carbonyl (C=O) groups is 1. The summed E-state index contributed by atoms with van der Waals surface area (Å²) >= 11 is 0. The SMILES string of the molecule is C/C=C/C(=O)N1CCCC(C2CCCN2)C1. The Kier molecular flexibility index (Phi) is 3.99. The van der Waals surface area contributed by atoms with Gasteiger partial charge in [0, 0.05) is 19.1 Å². The zero-order valence-corrected chi connectivity index (χ0v) is 10.1. The third-order valence-corrected chi connectivity index (χ3v) is 3.75. The lowest BCUT2D eigenvalue weighted by molar-refractivity contribution is -0.127. The van der Waals surface area contributed by atoms with Gasteiger partial charge in [-0.1, -0.05) is 6.08 Å². The first-order chi connectivity index (χ1) is 7.81. The molecule has 2 rings (SSSR count). The molecule has 16 heavy (non-hydrogen) atoms. The molecule has 0 bridgehead atoms. The Morgan fingerprint density at radius 3 is 2.94 bits per heavy atom. The molecule has 0 saturated carbocycles. The topological polar surface area (TPSA) is 32.3 Å². The highest BCUT2D eigenvalue weighted by Gasteiger charge is 2.30. The second kappa shape index (κ2) is 5.48. The lowest BCUT2D eigenvalue weighted by atomic mass is 9.90. The van der Waals surface area contributed by atoms with Crippen molar-refractivity contribution in [1.29, 1.82) is 0 Å². The highest BCUT2D eigenvalue weighted by Crippen LogP contribution is 2.24. The van der Waals surface area contributed by atoms with Crippen LogP contribution < -0.4 is 5.32 Å². The third kappa shape index (κ3) is 2.64. The molecule has 0 spiro atoms. The minimum Gasteiger partial charge on any atom is -0.339 e. The van der Waals surface area contributed by atoms with Gasteiger partial charge < -0.3 is 10.2 Å². The minimum atomic E-state index is 0.185. The zero-order valence-electron chi connectivity index (χ0n) is 10.1. The van der Waals surface area contributed by atoms with Crippen LogP contribution in [0.3, 0.4) is 0 Å². The predicted octanol–water partition coefficient (Wildman–Crippen LogP) is 1.55. The Morgan fingerprint density at radius 2 is 2.25 bits per heavy atom. The number of nitrogens with one attached hydrogen (secondary N) is 1.